The maximum Gasteiger partial charge on any atom is 0.243 e. The lowest BCUT2D eigenvalue weighted by Crippen LogP contribution is -2.44. The van der Waals surface area contributed by atoms with Gasteiger partial charge in [0, 0.05) is 38.2 Å². The zero-order valence-corrected chi connectivity index (χ0v) is 20.8. The molecule has 1 fully saturated rings. The highest BCUT2D eigenvalue weighted by Gasteiger charge is 2.29. The third-order valence-corrected chi connectivity index (χ3v) is 7.23. The molecule has 164 valence electrons. The minimum Gasteiger partial charge on any atom is -0.356 e. The van der Waals surface area contributed by atoms with Gasteiger partial charge in [0.25, 0.3) is 0 Å². The molecule has 3 rings (SSSR count). The van der Waals surface area contributed by atoms with Crippen LogP contribution in [0.15, 0.2) is 64.5 Å². The van der Waals surface area contributed by atoms with Crippen LogP contribution in [0.4, 0.5) is 0 Å². The van der Waals surface area contributed by atoms with Crippen molar-refractivity contribution in [1.29, 1.82) is 0 Å². The van der Waals surface area contributed by atoms with Crippen LogP contribution < -0.4 is 10.6 Å². The molecule has 0 atom stereocenters. The second-order valence-electron chi connectivity index (χ2n) is 7.10. The first-order valence-electron chi connectivity index (χ1n) is 9.73. The number of piperidine rings is 1. The van der Waals surface area contributed by atoms with Crippen LogP contribution in [0, 0.1) is 5.92 Å². The topological polar surface area (TPSA) is 73.8 Å². The monoisotopic (exact) mass is 562 g/mol. The molecule has 0 radical (unpaired) electrons. The second kappa shape index (κ2) is 11.9. The Balaban J connectivity index is 0.00000320. The Morgan fingerprint density at radius 1 is 1.10 bits per heavy atom. The maximum absolute atomic E-state index is 12.7. The van der Waals surface area contributed by atoms with Crippen molar-refractivity contribution < 1.29 is 8.42 Å². The first-order valence-corrected chi connectivity index (χ1v) is 11.5. The summed E-state index contributed by atoms with van der Waals surface area (Å²) < 4.78 is 27.0. The summed E-state index contributed by atoms with van der Waals surface area (Å²) in [5, 5.41) is 7.34. The largest absolute Gasteiger partial charge is 0.356 e. The van der Waals surface area contributed by atoms with Crippen molar-refractivity contribution in [3.63, 3.8) is 0 Å². The second-order valence-corrected chi connectivity index (χ2v) is 9.47. The number of guanidine groups is 1. The summed E-state index contributed by atoms with van der Waals surface area (Å²) in [4.78, 5) is 4.62. The van der Waals surface area contributed by atoms with Gasteiger partial charge in [-0.25, -0.2) is 8.42 Å². The fourth-order valence-corrected chi connectivity index (χ4v) is 5.09. The smallest absolute Gasteiger partial charge is 0.243 e. The zero-order valence-electron chi connectivity index (χ0n) is 16.9. The van der Waals surface area contributed by atoms with Crippen LogP contribution in [0.5, 0.6) is 0 Å². The molecule has 0 unspecified atom stereocenters. The van der Waals surface area contributed by atoms with Gasteiger partial charge in [-0.1, -0.05) is 41.9 Å². The van der Waals surface area contributed by atoms with Crippen molar-refractivity contribution in [3.05, 3.63) is 65.2 Å². The summed E-state index contributed by atoms with van der Waals surface area (Å²) >= 11 is 6.02. The number of halogens is 2. The average Bonchev–Trinajstić information content (AvgIpc) is 2.75. The van der Waals surface area contributed by atoms with Crippen LogP contribution in [0.3, 0.4) is 0 Å². The van der Waals surface area contributed by atoms with Crippen LogP contribution >= 0.6 is 35.6 Å². The van der Waals surface area contributed by atoms with Gasteiger partial charge in [0.15, 0.2) is 5.96 Å². The third-order valence-electron chi connectivity index (χ3n) is 5.09. The van der Waals surface area contributed by atoms with Crippen LogP contribution in [-0.2, 0) is 16.6 Å². The quantitative estimate of drug-likeness (QED) is 0.320. The van der Waals surface area contributed by atoms with E-state index in [-0.39, 0.29) is 24.0 Å². The van der Waals surface area contributed by atoms with Gasteiger partial charge in [-0.2, -0.15) is 4.31 Å². The van der Waals surface area contributed by atoms with Gasteiger partial charge in [0.2, 0.25) is 10.0 Å². The van der Waals surface area contributed by atoms with Crippen molar-refractivity contribution in [1.82, 2.24) is 14.9 Å². The maximum atomic E-state index is 12.7. The lowest BCUT2D eigenvalue weighted by Gasteiger charge is -2.31. The summed E-state index contributed by atoms with van der Waals surface area (Å²) in [7, 11) is -1.66. The van der Waals surface area contributed by atoms with Gasteiger partial charge in [-0.3, -0.25) is 4.99 Å². The molecule has 1 saturated heterocycles. The van der Waals surface area contributed by atoms with Crippen LogP contribution in [-0.4, -0.2) is 45.4 Å². The minimum atomic E-state index is -3.40. The Morgan fingerprint density at radius 2 is 1.80 bits per heavy atom. The first-order chi connectivity index (χ1) is 14.0. The molecule has 30 heavy (non-hydrogen) atoms. The number of hydrogen-bond donors (Lipinski definition) is 2. The number of nitrogens with zero attached hydrogens (tertiary/aromatic N) is 2. The molecule has 1 aliphatic rings. The number of sulfonamides is 1. The number of rotatable bonds is 6. The van der Waals surface area contributed by atoms with E-state index in [9.17, 15) is 8.42 Å². The lowest BCUT2D eigenvalue weighted by atomic mass is 9.98. The van der Waals surface area contributed by atoms with Gasteiger partial charge in [0.1, 0.15) is 0 Å². The molecule has 1 heterocycles. The number of nitrogens with one attached hydrogen (secondary N) is 2. The molecule has 2 aromatic carbocycles. The van der Waals surface area contributed by atoms with Gasteiger partial charge in [-0.15, -0.1) is 24.0 Å². The Bertz CT molecular complexity index is 933. The Hall–Kier alpha value is -1.36. The van der Waals surface area contributed by atoms with Crippen molar-refractivity contribution in [2.45, 2.75) is 24.3 Å². The van der Waals surface area contributed by atoms with Gasteiger partial charge < -0.3 is 10.6 Å². The van der Waals surface area contributed by atoms with E-state index in [1.807, 2.05) is 30.3 Å². The van der Waals surface area contributed by atoms with E-state index in [0.717, 1.165) is 30.9 Å². The van der Waals surface area contributed by atoms with Crippen molar-refractivity contribution in [2.24, 2.45) is 10.9 Å². The predicted octanol–water partition coefficient (Wildman–Crippen LogP) is 3.72. The van der Waals surface area contributed by atoms with Crippen LogP contribution in [0.2, 0.25) is 5.02 Å². The summed E-state index contributed by atoms with van der Waals surface area (Å²) in [6.45, 7) is 2.47. The van der Waals surface area contributed by atoms with Gasteiger partial charge >= 0.3 is 0 Å². The molecule has 1 aliphatic heterocycles. The fourth-order valence-electron chi connectivity index (χ4n) is 3.39. The minimum absolute atomic E-state index is 0. The summed E-state index contributed by atoms with van der Waals surface area (Å²) in [6, 6.07) is 16.3. The molecule has 0 aliphatic carbocycles. The number of hydrogen-bond acceptors (Lipinski definition) is 3. The van der Waals surface area contributed by atoms with Gasteiger partial charge in [-0.05, 0) is 48.6 Å². The van der Waals surface area contributed by atoms with Gasteiger partial charge in [0.05, 0.1) is 4.90 Å². The lowest BCUT2D eigenvalue weighted by molar-refractivity contribution is 0.273. The Kier molecular flexibility index (Phi) is 9.86. The van der Waals surface area contributed by atoms with Crippen molar-refractivity contribution in [2.75, 3.05) is 26.7 Å². The first kappa shape index (κ1) is 24.9. The molecule has 0 bridgehead atoms. The van der Waals surface area contributed by atoms with E-state index in [1.54, 1.807) is 35.6 Å². The molecule has 0 saturated carbocycles. The molecule has 2 aromatic rings. The normalized spacial score (nSPS) is 16.0. The molecule has 9 heteroatoms. The zero-order chi connectivity index (χ0) is 20.7. The molecule has 0 aromatic heterocycles. The van der Waals surface area contributed by atoms with Crippen molar-refractivity contribution in [3.8, 4) is 0 Å². The van der Waals surface area contributed by atoms with E-state index in [2.05, 4.69) is 15.6 Å². The fraction of sp³-hybridized carbons (Fsp3) is 0.381. The van der Waals surface area contributed by atoms with Crippen LogP contribution in [0.1, 0.15) is 18.4 Å². The molecular formula is C21H28ClIN4O2S. The number of benzene rings is 2. The number of aliphatic imine (C=N–C) groups is 1. The summed E-state index contributed by atoms with van der Waals surface area (Å²) in [6.07, 6.45) is 1.65. The van der Waals surface area contributed by atoms with Crippen LogP contribution in [0.25, 0.3) is 0 Å². The molecule has 6 nitrogen and oxygen atoms in total. The molecule has 2 N–H and O–H groups in total. The summed E-state index contributed by atoms with van der Waals surface area (Å²) in [5.74, 6) is 1.13. The van der Waals surface area contributed by atoms with E-state index in [4.69, 9.17) is 11.6 Å². The third kappa shape index (κ3) is 6.83. The average molecular weight is 563 g/mol. The molecule has 0 spiro atoms. The Labute approximate surface area is 201 Å². The molecular weight excluding hydrogens is 535 g/mol. The van der Waals surface area contributed by atoms with Crippen molar-refractivity contribution >= 4 is 51.6 Å². The van der Waals surface area contributed by atoms with E-state index < -0.39 is 10.0 Å². The highest BCUT2D eigenvalue weighted by Crippen LogP contribution is 2.23. The van der Waals surface area contributed by atoms with E-state index in [0.29, 0.717) is 35.5 Å². The van der Waals surface area contributed by atoms with E-state index >= 15 is 0 Å². The standard InChI is InChI=1S/C21H27ClN4O2S.HI/c1-23-21(25-16-18-6-5-7-19(22)14-18)24-15-17-10-12-26(13-11-17)29(27,28)20-8-3-2-4-9-20;/h2-9,14,17H,10-13,15-16H2,1H3,(H2,23,24,25);1H. The summed E-state index contributed by atoms with van der Waals surface area (Å²) in [5.41, 5.74) is 1.08. The van der Waals surface area contributed by atoms with E-state index in [1.165, 1.54) is 0 Å². The highest BCUT2D eigenvalue weighted by molar-refractivity contribution is 14.0. The highest BCUT2D eigenvalue weighted by atomic mass is 127. The Morgan fingerprint density at radius 3 is 2.43 bits per heavy atom. The SMILES string of the molecule is CN=C(NCc1cccc(Cl)c1)NCC1CCN(S(=O)(=O)c2ccccc2)CC1.I. The predicted molar refractivity (Wildman–Crippen MR) is 133 cm³/mol. The molecule has 0 amide bonds.